The summed E-state index contributed by atoms with van der Waals surface area (Å²) < 4.78 is 40.5. The van der Waals surface area contributed by atoms with Crippen molar-refractivity contribution in [2.24, 2.45) is 5.10 Å². The molecule has 0 unspecified atom stereocenters. The zero-order valence-electron chi connectivity index (χ0n) is 24.4. The van der Waals surface area contributed by atoms with Gasteiger partial charge in [-0.3, -0.25) is 9.10 Å². The number of hydrogen-bond donors (Lipinski definition) is 1. The molecule has 0 atom stereocenters. The fourth-order valence-electron chi connectivity index (χ4n) is 4.31. The lowest BCUT2D eigenvalue weighted by atomic mass is 10.1. The quantitative estimate of drug-likeness (QED) is 0.127. The molecule has 0 heterocycles. The number of methoxy groups -OCH3 is 1. The largest absolute Gasteiger partial charge is 0.493 e. The number of rotatable bonds is 11. The number of ether oxygens (including phenoxy) is 2. The summed E-state index contributed by atoms with van der Waals surface area (Å²) in [5, 5.41) is 5.07. The third-order valence-corrected chi connectivity index (χ3v) is 9.51. The van der Waals surface area contributed by atoms with Crippen molar-refractivity contribution in [1.29, 1.82) is 0 Å². The predicted molar refractivity (Wildman–Crippen MR) is 179 cm³/mol. The van der Waals surface area contributed by atoms with E-state index in [1.807, 2.05) is 19.9 Å². The number of carbonyl (C=O) groups is 1. The van der Waals surface area contributed by atoms with Crippen molar-refractivity contribution in [2.45, 2.75) is 32.3 Å². The molecule has 12 heteroatoms. The second-order valence-electron chi connectivity index (χ2n) is 9.97. The molecule has 0 aromatic heterocycles. The van der Waals surface area contributed by atoms with Crippen LogP contribution < -0.4 is 19.2 Å². The second-order valence-corrected chi connectivity index (χ2v) is 13.5. The minimum atomic E-state index is -4.06. The number of sulfonamides is 1. The first-order chi connectivity index (χ1) is 20.9. The number of aryl methyl sites for hydroxylation is 3. The van der Waals surface area contributed by atoms with Crippen molar-refractivity contribution in [3.05, 3.63) is 115 Å². The number of anilines is 1. The molecular formula is C32H30BrCl2N3O5S. The van der Waals surface area contributed by atoms with Gasteiger partial charge in [0.15, 0.2) is 11.5 Å². The first-order valence-electron chi connectivity index (χ1n) is 13.3. The van der Waals surface area contributed by atoms with Crippen LogP contribution in [0.5, 0.6) is 11.5 Å². The number of nitrogens with one attached hydrogen (secondary N) is 1. The van der Waals surface area contributed by atoms with E-state index in [1.54, 1.807) is 61.5 Å². The molecule has 0 spiro atoms. The Bertz CT molecular complexity index is 1820. The van der Waals surface area contributed by atoms with E-state index in [0.717, 1.165) is 26.6 Å². The van der Waals surface area contributed by atoms with E-state index in [9.17, 15) is 13.2 Å². The van der Waals surface area contributed by atoms with Gasteiger partial charge in [0.2, 0.25) is 0 Å². The van der Waals surface area contributed by atoms with Crippen LogP contribution in [-0.2, 0) is 21.4 Å². The molecule has 1 N–H and O–H groups in total. The molecule has 0 saturated carbocycles. The van der Waals surface area contributed by atoms with Gasteiger partial charge in [-0.15, -0.1) is 0 Å². The number of hydrogen-bond acceptors (Lipinski definition) is 6. The van der Waals surface area contributed by atoms with Crippen molar-refractivity contribution in [2.75, 3.05) is 18.0 Å². The van der Waals surface area contributed by atoms with Crippen LogP contribution in [0.15, 0.2) is 87.3 Å². The van der Waals surface area contributed by atoms with Gasteiger partial charge in [-0.05, 0) is 90.3 Å². The zero-order valence-corrected chi connectivity index (χ0v) is 28.3. The molecule has 0 saturated heterocycles. The highest BCUT2D eigenvalue weighted by Gasteiger charge is 2.28. The number of amides is 1. The molecule has 0 aliphatic carbocycles. The van der Waals surface area contributed by atoms with Crippen LogP contribution in [0, 0.1) is 20.8 Å². The summed E-state index contributed by atoms with van der Waals surface area (Å²) in [5.41, 5.74) is 6.78. The first kappa shape index (κ1) is 33.3. The van der Waals surface area contributed by atoms with Crippen LogP contribution in [0.2, 0.25) is 10.0 Å². The van der Waals surface area contributed by atoms with E-state index in [1.165, 1.54) is 25.5 Å². The third kappa shape index (κ3) is 8.12. The molecule has 0 fully saturated rings. The van der Waals surface area contributed by atoms with Gasteiger partial charge in [0.05, 0.1) is 28.4 Å². The number of halogens is 3. The standard InChI is InChI=1S/C32H30BrCl2N3O5S/c1-20-5-10-26(11-6-20)44(40,41)38(29-12-7-21(2)13-22(29)3)18-31(39)37-36-17-23-14-27(33)32(30(15-23)42-4)43-19-24-8-9-25(34)16-28(24)35/h5-17H,18-19H2,1-4H3,(H,37,39)/b36-17+. The van der Waals surface area contributed by atoms with E-state index < -0.39 is 22.5 Å². The van der Waals surface area contributed by atoms with Crippen molar-refractivity contribution < 1.29 is 22.7 Å². The Kier molecular flexibility index (Phi) is 11.0. The predicted octanol–water partition coefficient (Wildman–Crippen LogP) is 7.61. The van der Waals surface area contributed by atoms with Gasteiger partial charge >= 0.3 is 0 Å². The summed E-state index contributed by atoms with van der Waals surface area (Å²) in [6.45, 7) is 5.29. The SMILES string of the molecule is COc1cc(/C=N/NC(=O)CN(c2ccc(C)cc2C)S(=O)(=O)c2ccc(C)cc2)cc(Br)c1OCc1ccc(Cl)cc1Cl. The third-order valence-electron chi connectivity index (χ3n) is 6.56. The molecule has 4 aromatic carbocycles. The normalized spacial score (nSPS) is 11.4. The maximum atomic E-state index is 13.7. The van der Waals surface area contributed by atoms with Crippen molar-refractivity contribution in [3.63, 3.8) is 0 Å². The van der Waals surface area contributed by atoms with Gasteiger partial charge in [0, 0.05) is 15.6 Å². The summed E-state index contributed by atoms with van der Waals surface area (Å²) in [5.74, 6) is 0.246. The second kappa shape index (κ2) is 14.5. The lowest BCUT2D eigenvalue weighted by Crippen LogP contribution is -2.40. The molecule has 0 bridgehead atoms. The van der Waals surface area contributed by atoms with Crippen LogP contribution in [0.1, 0.15) is 27.8 Å². The van der Waals surface area contributed by atoms with E-state index in [4.69, 9.17) is 32.7 Å². The van der Waals surface area contributed by atoms with Gasteiger partial charge in [-0.1, -0.05) is 64.7 Å². The summed E-state index contributed by atoms with van der Waals surface area (Å²) in [6, 6.07) is 20.4. The Labute approximate surface area is 275 Å². The van der Waals surface area contributed by atoms with Crippen molar-refractivity contribution in [1.82, 2.24) is 5.43 Å². The molecule has 0 aliphatic heterocycles. The van der Waals surface area contributed by atoms with Crippen LogP contribution in [0.4, 0.5) is 5.69 Å². The summed E-state index contributed by atoms with van der Waals surface area (Å²) in [6.07, 6.45) is 1.42. The Morgan fingerprint density at radius 3 is 2.34 bits per heavy atom. The average molecular weight is 719 g/mol. The number of nitrogens with zero attached hydrogens (tertiary/aromatic N) is 2. The van der Waals surface area contributed by atoms with Gasteiger partial charge < -0.3 is 9.47 Å². The maximum absolute atomic E-state index is 13.7. The molecule has 1 amide bonds. The van der Waals surface area contributed by atoms with Gasteiger partial charge in [-0.25, -0.2) is 13.8 Å². The smallest absolute Gasteiger partial charge is 0.264 e. The molecule has 44 heavy (non-hydrogen) atoms. The minimum Gasteiger partial charge on any atom is -0.493 e. The van der Waals surface area contributed by atoms with Gasteiger partial charge in [0.1, 0.15) is 13.2 Å². The molecular weight excluding hydrogens is 689 g/mol. The van der Waals surface area contributed by atoms with E-state index in [0.29, 0.717) is 37.3 Å². The maximum Gasteiger partial charge on any atom is 0.264 e. The Balaban J connectivity index is 1.51. The lowest BCUT2D eigenvalue weighted by Gasteiger charge is -2.25. The fraction of sp³-hybridized carbons (Fsp3) is 0.188. The molecule has 8 nitrogen and oxygen atoms in total. The topological polar surface area (TPSA) is 97.3 Å². The monoisotopic (exact) mass is 717 g/mol. The van der Waals surface area contributed by atoms with E-state index in [2.05, 4.69) is 26.5 Å². The molecule has 4 rings (SSSR count). The highest BCUT2D eigenvalue weighted by Crippen LogP contribution is 2.37. The minimum absolute atomic E-state index is 0.0805. The van der Waals surface area contributed by atoms with E-state index in [-0.39, 0.29) is 11.5 Å². The zero-order chi connectivity index (χ0) is 32.0. The number of carbonyl (C=O) groups excluding carboxylic acids is 1. The molecule has 4 aromatic rings. The van der Waals surface area contributed by atoms with Crippen LogP contribution >= 0.6 is 39.1 Å². The lowest BCUT2D eigenvalue weighted by molar-refractivity contribution is -0.119. The Hall–Kier alpha value is -3.57. The number of hydrazone groups is 1. The van der Waals surface area contributed by atoms with Crippen LogP contribution in [0.25, 0.3) is 0 Å². The van der Waals surface area contributed by atoms with Gasteiger partial charge in [0.25, 0.3) is 15.9 Å². The average Bonchev–Trinajstić information content (AvgIpc) is 2.96. The van der Waals surface area contributed by atoms with Crippen molar-refractivity contribution in [3.8, 4) is 11.5 Å². The fourth-order valence-corrected chi connectivity index (χ4v) is 6.83. The Morgan fingerprint density at radius 1 is 0.977 bits per heavy atom. The highest BCUT2D eigenvalue weighted by atomic mass is 79.9. The molecule has 230 valence electrons. The Morgan fingerprint density at radius 2 is 1.68 bits per heavy atom. The van der Waals surface area contributed by atoms with Crippen LogP contribution in [0.3, 0.4) is 0 Å². The summed E-state index contributed by atoms with van der Waals surface area (Å²) in [4.78, 5) is 13.1. The highest BCUT2D eigenvalue weighted by molar-refractivity contribution is 9.10. The summed E-state index contributed by atoms with van der Waals surface area (Å²) >= 11 is 15.7. The van der Waals surface area contributed by atoms with Gasteiger partial charge in [-0.2, -0.15) is 5.10 Å². The molecule has 0 aliphatic rings. The number of benzene rings is 4. The molecule has 0 radical (unpaired) electrons. The summed E-state index contributed by atoms with van der Waals surface area (Å²) in [7, 11) is -2.56. The van der Waals surface area contributed by atoms with Crippen molar-refractivity contribution >= 4 is 67.0 Å². The van der Waals surface area contributed by atoms with E-state index >= 15 is 0 Å². The van der Waals surface area contributed by atoms with Crippen LogP contribution in [-0.4, -0.2) is 34.2 Å². The first-order valence-corrected chi connectivity index (χ1v) is 16.3.